The van der Waals surface area contributed by atoms with Gasteiger partial charge >= 0.3 is 0 Å². The summed E-state index contributed by atoms with van der Waals surface area (Å²) in [6.45, 7) is -0.0840. The largest absolute Gasteiger partial charge is 0.489 e. The SMILES string of the molecule is O=C(Nc1ccccc1OCCO)c1cccc(C(=O)Nc2ccccc2OCCO)c1. The molecule has 0 saturated heterocycles. The fourth-order valence-electron chi connectivity index (χ4n) is 2.89. The van der Waals surface area contributed by atoms with E-state index in [4.69, 9.17) is 19.7 Å². The van der Waals surface area contributed by atoms with E-state index in [0.29, 0.717) is 34.0 Å². The van der Waals surface area contributed by atoms with Gasteiger partial charge in [0.25, 0.3) is 11.8 Å². The van der Waals surface area contributed by atoms with Gasteiger partial charge < -0.3 is 30.3 Å². The van der Waals surface area contributed by atoms with E-state index in [1.54, 1.807) is 66.7 Å². The summed E-state index contributed by atoms with van der Waals surface area (Å²) in [6, 6.07) is 20.1. The number of benzene rings is 3. The molecule has 0 radical (unpaired) electrons. The summed E-state index contributed by atoms with van der Waals surface area (Å²) in [6.07, 6.45) is 0. The van der Waals surface area contributed by atoms with Crippen molar-refractivity contribution in [3.8, 4) is 11.5 Å². The predicted octanol–water partition coefficient (Wildman–Crippen LogP) is 2.93. The van der Waals surface area contributed by atoms with Crippen molar-refractivity contribution in [1.29, 1.82) is 0 Å². The van der Waals surface area contributed by atoms with Crippen LogP contribution in [0.1, 0.15) is 20.7 Å². The highest BCUT2D eigenvalue weighted by Gasteiger charge is 2.14. The van der Waals surface area contributed by atoms with Gasteiger partial charge in [0.15, 0.2) is 0 Å². The number of rotatable bonds is 10. The third kappa shape index (κ3) is 6.07. The van der Waals surface area contributed by atoms with E-state index in [1.165, 1.54) is 6.07 Å². The molecule has 0 fully saturated rings. The molecule has 3 aromatic rings. The minimum Gasteiger partial charge on any atom is -0.489 e. The van der Waals surface area contributed by atoms with Crippen LogP contribution in [0.2, 0.25) is 0 Å². The smallest absolute Gasteiger partial charge is 0.255 e. The summed E-state index contributed by atoms with van der Waals surface area (Å²) in [5.41, 5.74) is 1.49. The normalized spacial score (nSPS) is 10.3. The monoisotopic (exact) mass is 436 g/mol. The summed E-state index contributed by atoms with van der Waals surface area (Å²) >= 11 is 0. The zero-order valence-electron chi connectivity index (χ0n) is 17.3. The van der Waals surface area contributed by atoms with Crippen LogP contribution in [-0.2, 0) is 0 Å². The van der Waals surface area contributed by atoms with E-state index in [-0.39, 0.29) is 26.4 Å². The number of hydrogen-bond donors (Lipinski definition) is 4. The van der Waals surface area contributed by atoms with Crippen LogP contribution in [0.15, 0.2) is 72.8 Å². The van der Waals surface area contributed by atoms with Crippen molar-refractivity contribution in [2.75, 3.05) is 37.1 Å². The maximum atomic E-state index is 12.8. The van der Waals surface area contributed by atoms with E-state index in [2.05, 4.69) is 10.6 Å². The van der Waals surface area contributed by atoms with E-state index in [0.717, 1.165) is 0 Å². The van der Waals surface area contributed by atoms with Crippen molar-refractivity contribution >= 4 is 23.2 Å². The Balaban J connectivity index is 1.73. The first-order valence-electron chi connectivity index (χ1n) is 10.0. The molecule has 8 nitrogen and oxygen atoms in total. The van der Waals surface area contributed by atoms with Gasteiger partial charge in [0.1, 0.15) is 24.7 Å². The van der Waals surface area contributed by atoms with Crippen molar-refractivity contribution in [3.63, 3.8) is 0 Å². The molecule has 8 heteroatoms. The molecule has 0 aliphatic heterocycles. The molecule has 3 aromatic carbocycles. The third-order valence-electron chi connectivity index (χ3n) is 4.36. The molecule has 166 valence electrons. The third-order valence-corrected chi connectivity index (χ3v) is 4.36. The number of para-hydroxylation sites is 4. The summed E-state index contributed by atoms with van der Waals surface area (Å²) in [5.74, 6) is 0.0457. The van der Waals surface area contributed by atoms with Gasteiger partial charge in [-0.05, 0) is 42.5 Å². The number of aliphatic hydroxyl groups is 2. The highest BCUT2D eigenvalue weighted by molar-refractivity contribution is 6.09. The Morgan fingerprint density at radius 2 is 1.09 bits per heavy atom. The van der Waals surface area contributed by atoms with Gasteiger partial charge in [-0.2, -0.15) is 0 Å². The number of carbonyl (C=O) groups is 2. The van der Waals surface area contributed by atoms with Gasteiger partial charge in [0.2, 0.25) is 0 Å². The Morgan fingerprint density at radius 1 is 0.656 bits per heavy atom. The average Bonchev–Trinajstić information content (AvgIpc) is 2.83. The van der Waals surface area contributed by atoms with Gasteiger partial charge in [0.05, 0.1) is 24.6 Å². The van der Waals surface area contributed by atoms with Crippen molar-refractivity contribution < 1.29 is 29.3 Å². The lowest BCUT2D eigenvalue weighted by atomic mass is 10.1. The number of hydrogen-bond acceptors (Lipinski definition) is 6. The minimum absolute atomic E-state index is 0.103. The first kappa shape index (κ1) is 22.8. The highest BCUT2D eigenvalue weighted by atomic mass is 16.5. The number of ether oxygens (including phenoxy) is 2. The van der Waals surface area contributed by atoms with Crippen LogP contribution in [0.4, 0.5) is 11.4 Å². The predicted molar refractivity (Wildman–Crippen MR) is 120 cm³/mol. The van der Waals surface area contributed by atoms with E-state index in [9.17, 15) is 9.59 Å². The fraction of sp³-hybridized carbons (Fsp3) is 0.167. The maximum Gasteiger partial charge on any atom is 0.255 e. The van der Waals surface area contributed by atoms with Crippen LogP contribution < -0.4 is 20.1 Å². The number of nitrogens with one attached hydrogen (secondary N) is 2. The standard InChI is InChI=1S/C24H24N2O6/c27-12-14-31-21-10-3-1-8-19(21)25-23(29)17-6-5-7-18(16-17)24(30)26-20-9-2-4-11-22(20)32-15-13-28/h1-11,16,27-28H,12-15H2,(H,25,29)(H,26,30). The first-order chi connectivity index (χ1) is 15.6. The van der Waals surface area contributed by atoms with Gasteiger partial charge in [-0.1, -0.05) is 30.3 Å². The molecule has 2 amide bonds. The second kappa shape index (κ2) is 11.5. The molecule has 0 aliphatic carbocycles. The van der Waals surface area contributed by atoms with E-state index < -0.39 is 11.8 Å². The molecule has 3 rings (SSSR count). The van der Waals surface area contributed by atoms with Crippen molar-refractivity contribution in [3.05, 3.63) is 83.9 Å². The minimum atomic E-state index is -0.411. The molecule has 0 saturated carbocycles. The number of carbonyl (C=O) groups excluding carboxylic acids is 2. The lowest BCUT2D eigenvalue weighted by molar-refractivity contribution is 0.102. The van der Waals surface area contributed by atoms with Crippen LogP contribution in [0.25, 0.3) is 0 Å². The Bertz CT molecular complexity index is 989. The molecule has 0 aromatic heterocycles. The van der Waals surface area contributed by atoms with Crippen LogP contribution in [0.3, 0.4) is 0 Å². The topological polar surface area (TPSA) is 117 Å². The van der Waals surface area contributed by atoms with Crippen LogP contribution in [0, 0.1) is 0 Å². The van der Waals surface area contributed by atoms with Crippen LogP contribution >= 0.6 is 0 Å². The van der Waals surface area contributed by atoms with Crippen molar-refractivity contribution in [1.82, 2.24) is 0 Å². The molecule has 0 spiro atoms. The van der Waals surface area contributed by atoms with Gasteiger partial charge in [-0.3, -0.25) is 9.59 Å². The lowest BCUT2D eigenvalue weighted by Crippen LogP contribution is -2.16. The zero-order chi connectivity index (χ0) is 22.8. The molecule has 0 aliphatic rings. The summed E-state index contributed by atoms with van der Waals surface area (Å²) in [4.78, 5) is 25.5. The second-order valence-corrected chi connectivity index (χ2v) is 6.63. The summed E-state index contributed by atoms with van der Waals surface area (Å²) in [5, 5.41) is 23.4. The molecule has 4 N–H and O–H groups in total. The Labute approximate surface area is 185 Å². The zero-order valence-corrected chi connectivity index (χ0v) is 17.3. The summed E-state index contributed by atoms with van der Waals surface area (Å²) in [7, 11) is 0. The Hall–Kier alpha value is -3.88. The molecular weight excluding hydrogens is 412 g/mol. The number of amides is 2. The van der Waals surface area contributed by atoms with Crippen molar-refractivity contribution in [2.45, 2.75) is 0 Å². The number of anilines is 2. The molecule has 0 heterocycles. The van der Waals surface area contributed by atoms with Crippen LogP contribution in [0.5, 0.6) is 11.5 Å². The molecule has 0 atom stereocenters. The quantitative estimate of drug-likeness (QED) is 0.388. The molecule has 0 bridgehead atoms. The Kier molecular flexibility index (Phi) is 8.19. The van der Waals surface area contributed by atoms with Gasteiger partial charge in [0, 0.05) is 11.1 Å². The summed E-state index contributed by atoms with van der Waals surface area (Å²) < 4.78 is 10.9. The van der Waals surface area contributed by atoms with Gasteiger partial charge in [-0.15, -0.1) is 0 Å². The second-order valence-electron chi connectivity index (χ2n) is 6.63. The molecular formula is C24H24N2O6. The number of aliphatic hydroxyl groups excluding tert-OH is 2. The lowest BCUT2D eigenvalue weighted by Gasteiger charge is -2.13. The van der Waals surface area contributed by atoms with E-state index >= 15 is 0 Å². The molecule has 0 unspecified atom stereocenters. The van der Waals surface area contributed by atoms with E-state index in [1.807, 2.05) is 0 Å². The van der Waals surface area contributed by atoms with Crippen molar-refractivity contribution in [2.24, 2.45) is 0 Å². The van der Waals surface area contributed by atoms with Crippen LogP contribution in [-0.4, -0.2) is 48.5 Å². The maximum absolute atomic E-state index is 12.8. The highest BCUT2D eigenvalue weighted by Crippen LogP contribution is 2.26. The fourth-order valence-corrected chi connectivity index (χ4v) is 2.89. The molecule has 32 heavy (non-hydrogen) atoms. The Morgan fingerprint density at radius 3 is 1.53 bits per heavy atom. The van der Waals surface area contributed by atoms with Gasteiger partial charge in [-0.25, -0.2) is 0 Å². The average molecular weight is 436 g/mol. The first-order valence-corrected chi connectivity index (χ1v) is 10.0.